The van der Waals surface area contributed by atoms with Gasteiger partial charge in [-0.05, 0) is 31.9 Å². The quantitative estimate of drug-likeness (QED) is 0.617. The van der Waals surface area contributed by atoms with Crippen LogP contribution in [0, 0.1) is 15.5 Å². The number of nitro groups is 1. The van der Waals surface area contributed by atoms with E-state index in [9.17, 15) is 20.0 Å². The summed E-state index contributed by atoms with van der Waals surface area (Å²) in [5.41, 5.74) is -0.921. The van der Waals surface area contributed by atoms with Gasteiger partial charge in [0.15, 0.2) is 5.75 Å². The lowest BCUT2D eigenvalue weighted by molar-refractivity contribution is -0.385. The van der Waals surface area contributed by atoms with Gasteiger partial charge in [0.2, 0.25) is 0 Å². The first-order valence-corrected chi connectivity index (χ1v) is 4.94. The highest BCUT2D eigenvalue weighted by molar-refractivity contribution is 5.74. The molecule has 0 atom stereocenters. The van der Waals surface area contributed by atoms with Crippen molar-refractivity contribution in [3.63, 3.8) is 0 Å². The van der Waals surface area contributed by atoms with Crippen LogP contribution in [0.4, 0.5) is 5.69 Å². The zero-order chi connectivity index (χ0) is 13.2. The smallest absolute Gasteiger partial charge is 0.310 e. The summed E-state index contributed by atoms with van der Waals surface area (Å²) in [7, 11) is 0. The standard InChI is InChI=1S/C11H13NO5/c1-11(2,10(14)15)6-7-3-4-9(13)8(5-7)12(16)17/h3-5,13H,6H2,1-2H3,(H,14,15). The van der Waals surface area contributed by atoms with Crippen molar-refractivity contribution in [3.05, 3.63) is 33.9 Å². The number of aliphatic carboxylic acids is 1. The molecule has 0 saturated carbocycles. The van der Waals surface area contributed by atoms with Crippen molar-refractivity contribution >= 4 is 11.7 Å². The van der Waals surface area contributed by atoms with Crippen LogP contribution in [0.5, 0.6) is 5.75 Å². The van der Waals surface area contributed by atoms with E-state index < -0.39 is 27.7 Å². The molecule has 1 aromatic carbocycles. The molecule has 6 nitrogen and oxygen atoms in total. The molecule has 92 valence electrons. The molecule has 0 amide bonds. The Kier molecular flexibility index (Phi) is 3.36. The van der Waals surface area contributed by atoms with E-state index in [0.717, 1.165) is 0 Å². The summed E-state index contributed by atoms with van der Waals surface area (Å²) < 4.78 is 0. The van der Waals surface area contributed by atoms with Crippen LogP contribution in [0.25, 0.3) is 0 Å². The van der Waals surface area contributed by atoms with Crippen LogP contribution >= 0.6 is 0 Å². The Bertz CT molecular complexity index is 467. The molecule has 0 spiro atoms. The van der Waals surface area contributed by atoms with Crippen LogP contribution in [0.2, 0.25) is 0 Å². The molecule has 0 aliphatic carbocycles. The van der Waals surface area contributed by atoms with E-state index in [-0.39, 0.29) is 6.42 Å². The van der Waals surface area contributed by atoms with E-state index in [2.05, 4.69) is 0 Å². The molecule has 0 aromatic heterocycles. The summed E-state index contributed by atoms with van der Waals surface area (Å²) in [6.45, 7) is 3.07. The Balaban J connectivity index is 3.05. The van der Waals surface area contributed by atoms with Gasteiger partial charge in [-0.1, -0.05) is 6.07 Å². The molecular formula is C11H13NO5. The molecule has 0 fully saturated rings. The van der Waals surface area contributed by atoms with Crippen LogP contribution < -0.4 is 0 Å². The second kappa shape index (κ2) is 4.40. The van der Waals surface area contributed by atoms with Crippen molar-refractivity contribution in [2.24, 2.45) is 5.41 Å². The van der Waals surface area contributed by atoms with Gasteiger partial charge in [-0.25, -0.2) is 0 Å². The molecule has 0 unspecified atom stereocenters. The molecule has 1 aromatic rings. The van der Waals surface area contributed by atoms with Gasteiger partial charge in [-0.3, -0.25) is 14.9 Å². The SMILES string of the molecule is CC(C)(Cc1ccc(O)c([N+](=O)[O-])c1)C(=O)O. The van der Waals surface area contributed by atoms with E-state index in [4.69, 9.17) is 5.11 Å². The first-order chi connectivity index (χ1) is 7.74. The normalized spacial score (nSPS) is 11.2. The Hall–Kier alpha value is -2.11. The molecule has 2 N–H and O–H groups in total. The van der Waals surface area contributed by atoms with Crippen LogP contribution in [0.3, 0.4) is 0 Å². The van der Waals surface area contributed by atoms with Crippen molar-refractivity contribution in [2.45, 2.75) is 20.3 Å². The zero-order valence-corrected chi connectivity index (χ0v) is 9.51. The third-order valence-electron chi connectivity index (χ3n) is 2.46. The number of carbonyl (C=O) groups is 1. The fourth-order valence-corrected chi connectivity index (χ4v) is 1.41. The highest BCUT2D eigenvalue weighted by atomic mass is 16.6. The maximum absolute atomic E-state index is 10.9. The molecule has 1 rings (SSSR count). The molecular weight excluding hydrogens is 226 g/mol. The second-order valence-corrected chi connectivity index (χ2v) is 4.45. The molecule has 0 saturated heterocycles. The summed E-state index contributed by atoms with van der Waals surface area (Å²) in [5.74, 6) is -1.40. The summed E-state index contributed by atoms with van der Waals surface area (Å²) >= 11 is 0. The molecule has 17 heavy (non-hydrogen) atoms. The van der Waals surface area contributed by atoms with Crippen molar-refractivity contribution in [1.29, 1.82) is 0 Å². The number of nitrogens with zero attached hydrogens (tertiary/aromatic N) is 1. The number of carboxylic acid groups (broad SMARTS) is 1. The third kappa shape index (κ3) is 2.93. The van der Waals surface area contributed by atoms with Gasteiger partial charge in [0.05, 0.1) is 10.3 Å². The first-order valence-electron chi connectivity index (χ1n) is 4.94. The maximum atomic E-state index is 10.9. The average molecular weight is 239 g/mol. The van der Waals surface area contributed by atoms with Gasteiger partial charge in [-0.2, -0.15) is 0 Å². The number of nitro benzene ring substituents is 1. The zero-order valence-electron chi connectivity index (χ0n) is 9.51. The molecule has 0 heterocycles. The molecule has 0 radical (unpaired) electrons. The van der Waals surface area contributed by atoms with Gasteiger partial charge in [-0.15, -0.1) is 0 Å². The Morgan fingerprint density at radius 1 is 1.47 bits per heavy atom. The average Bonchev–Trinajstić information content (AvgIpc) is 2.20. The van der Waals surface area contributed by atoms with Gasteiger partial charge in [0, 0.05) is 6.07 Å². The van der Waals surface area contributed by atoms with E-state index in [1.165, 1.54) is 32.0 Å². The first kappa shape index (κ1) is 13.0. The van der Waals surface area contributed by atoms with Gasteiger partial charge in [0.25, 0.3) is 0 Å². The number of aromatic hydroxyl groups is 1. The summed E-state index contributed by atoms with van der Waals surface area (Å²) in [5, 5.41) is 28.8. The van der Waals surface area contributed by atoms with E-state index >= 15 is 0 Å². The molecule has 6 heteroatoms. The number of hydrogen-bond donors (Lipinski definition) is 2. The van der Waals surface area contributed by atoms with Crippen LogP contribution in [0.15, 0.2) is 18.2 Å². The number of benzene rings is 1. The van der Waals surface area contributed by atoms with Crippen molar-refractivity contribution < 1.29 is 19.9 Å². The predicted molar refractivity (Wildman–Crippen MR) is 59.9 cm³/mol. The summed E-state index contributed by atoms with van der Waals surface area (Å²) in [6.07, 6.45) is 0.156. The topological polar surface area (TPSA) is 101 Å². The van der Waals surface area contributed by atoms with E-state index in [1.807, 2.05) is 0 Å². The Morgan fingerprint density at radius 3 is 2.53 bits per heavy atom. The molecule has 0 aliphatic heterocycles. The van der Waals surface area contributed by atoms with E-state index in [1.54, 1.807) is 0 Å². The lowest BCUT2D eigenvalue weighted by Gasteiger charge is -2.18. The monoisotopic (exact) mass is 239 g/mol. The number of phenols is 1. The van der Waals surface area contributed by atoms with Crippen molar-refractivity contribution in [3.8, 4) is 5.75 Å². The second-order valence-electron chi connectivity index (χ2n) is 4.45. The minimum absolute atomic E-state index is 0.156. The highest BCUT2D eigenvalue weighted by Gasteiger charge is 2.28. The number of rotatable bonds is 4. The Morgan fingerprint density at radius 2 is 2.06 bits per heavy atom. The number of carboxylic acids is 1. The van der Waals surface area contributed by atoms with Crippen LogP contribution in [-0.4, -0.2) is 21.1 Å². The third-order valence-corrected chi connectivity index (χ3v) is 2.46. The van der Waals surface area contributed by atoms with Gasteiger partial charge < -0.3 is 10.2 Å². The Labute approximate surface area is 97.7 Å². The fourth-order valence-electron chi connectivity index (χ4n) is 1.41. The van der Waals surface area contributed by atoms with Crippen LogP contribution in [0.1, 0.15) is 19.4 Å². The highest BCUT2D eigenvalue weighted by Crippen LogP contribution is 2.29. The van der Waals surface area contributed by atoms with Crippen LogP contribution in [-0.2, 0) is 11.2 Å². The summed E-state index contributed by atoms with van der Waals surface area (Å²) in [6, 6.07) is 3.87. The number of hydrogen-bond acceptors (Lipinski definition) is 4. The van der Waals surface area contributed by atoms with Crippen molar-refractivity contribution in [2.75, 3.05) is 0 Å². The largest absolute Gasteiger partial charge is 0.502 e. The minimum atomic E-state index is -1.01. The number of phenolic OH excluding ortho intramolecular Hbond substituents is 1. The summed E-state index contributed by atoms with van der Waals surface area (Å²) in [4.78, 5) is 20.8. The molecule has 0 aliphatic rings. The predicted octanol–water partition coefficient (Wildman–Crippen LogP) is 1.95. The van der Waals surface area contributed by atoms with Gasteiger partial charge >= 0.3 is 11.7 Å². The lowest BCUT2D eigenvalue weighted by Crippen LogP contribution is -2.26. The fraction of sp³-hybridized carbons (Fsp3) is 0.364. The maximum Gasteiger partial charge on any atom is 0.310 e. The van der Waals surface area contributed by atoms with Gasteiger partial charge in [0.1, 0.15) is 0 Å². The lowest BCUT2D eigenvalue weighted by atomic mass is 9.86. The van der Waals surface area contributed by atoms with Crippen molar-refractivity contribution in [1.82, 2.24) is 0 Å². The van der Waals surface area contributed by atoms with E-state index in [0.29, 0.717) is 5.56 Å². The minimum Gasteiger partial charge on any atom is -0.502 e. The molecule has 0 bridgehead atoms.